The molecule has 26 heavy (non-hydrogen) atoms. The molecule has 0 bridgehead atoms. The van der Waals surface area contributed by atoms with Crippen molar-refractivity contribution >= 4 is 21.4 Å². The van der Waals surface area contributed by atoms with E-state index in [2.05, 4.69) is 15.0 Å². The van der Waals surface area contributed by atoms with Gasteiger partial charge in [-0.05, 0) is 31.0 Å². The first kappa shape index (κ1) is 17.2. The number of aromatic nitrogens is 3. The Labute approximate surface area is 153 Å². The van der Waals surface area contributed by atoms with E-state index in [9.17, 15) is 9.50 Å². The molecule has 1 saturated heterocycles. The van der Waals surface area contributed by atoms with Crippen LogP contribution in [0.4, 0.5) is 9.52 Å². The van der Waals surface area contributed by atoms with Crippen molar-refractivity contribution in [1.29, 1.82) is 0 Å². The Morgan fingerprint density at radius 2 is 2.15 bits per heavy atom. The zero-order valence-electron chi connectivity index (χ0n) is 14.4. The molecule has 3 heterocycles. The average molecular weight is 377 g/mol. The van der Waals surface area contributed by atoms with E-state index in [0.29, 0.717) is 42.9 Å². The minimum Gasteiger partial charge on any atom is -0.496 e. The molecule has 9 heteroatoms. The quantitative estimate of drug-likeness (QED) is 0.722. The van der Waals surface area contributed by atoms with E-state index < -0.39 is 5.60 Å². The first-order chi connectivity index (χ1) is 12.5. The van der Waals surface area contributed by atoms with Crippen molar-refractivity contribution in [3.05, 3.63) is 30.2 Å². The smallest absolute Gasteiger partial charge is 0.214 e. The highest BCUT2D eigenvalue weighted by atomic mass is 32.1. The predicted molar refractivity (Wildman–Crippen MR) is 98.3 cm³/mol. The van der Waals surface area contributed by atoms with Crippen LogP contribution in [-0.2, 0) is 0 Å². The van der Waals surface area contributed by atoms with Crippen LogP contribution >= 0.6 is 11.3 Å². The molecule has 7 nitrogen and oxygen atoms in total. The average Bonchev–Trinajstić information content (AvgIpc) is 3.23. The van der Waals surface area contributed by atoms with Gasteiger partial charge in [-0.3, -0.25) is 0 Å². The number of imidazole rings is 1. The number of nitrogens with two attached hydrogens (primary N) is 1. The molecular weight excluding hydrogens is 357 g/mol. The minimum absolute atomic E-state index is 0.269. The Morgan fingerprint density at radius 3 is 2.85 bits per heavy atom. The van der Waals surface area contributed by atoms with Gasteiger partial charge >= 0.3 is 0 Å². The summed E-state index contributed by atoms with van der Waals surface area (Å²) in [5.74, 6) is 0.219. The van der Waals surface area contributed by atoms with Crippen LogP contribution in [0.5, 0.6) is 5.75 Å². The number of aliphatic hydroxyl groups is 1. The molecular formula is C17H20FN5O2S. The number of piperidine rings is 1. The number of halogens is 1. The monoisotopic (exact) mass is 377 g/mol. The molecule has 0 unspecified atom stereocenters. The summed E-state index contributed by atoms with van der Waals surface area (Å²) in [6.07, 6.45) is 2.88. The van der Waals surface area contributed by atoms with Crippen molar-refractivity contribution in [1.82, 2.24) is 14.6 Å². The summed E-state index contributed by atoms with van der Waals surface area (Å²) >= 11 is 1.46. The van der Waals surface area contributed by atoms with Gasteiger partial charge in [0.2, 0.25) is 10.1 Å². The second kappa shape index (κ2) is 6.49. The zero-order chi connectivity index (χ0) is 18.3. The minimum atomic E-state index is -0.784. The number of hydrogen-bond donors (Lipinski definition) is 2. The number of benzene rings is 1. The van der Waals surface area contributed by atoms with Crippen LogP contribution in [0.25, 0.3) is 16.2 Å². The standard InChI is InChI=1S/C17H20FN5O2S/c1-25-14-3-2-11(18)8-12(14)13-9-20-15-23(13)21-16(26-15)22-6-4-17(24,10-19)5-7-22/h2-3,8-9,24H,4-7,10,19H2,1H3. The number of hydrogen-bond acceptors (Lipinski definition) is 7. The van der Waals surface area contributed by atoms with Gasteiger partial charge < -0.3 is 20.5 Å². The van der Waals surface area contributed by atoms with Gasteiger partial charge in [0.15, 0.2) is 0 Å². The summed E-state index contributed by atoms with van der Waals surface area (Å²) in [5, 5.41) is 15.8. The van der Waals surface area contributed by atoms with Crippen LogP contribution in [0.15, 0.2) is 24.4 Å². The Hall–Kier alpha value is -2.23. The van der Waals surface area contributed by atoms with E-state index in [0.717, 1.165) is 10.1 Å². The zero-order valence-corrected chi connectivity index (χ0v) is 15.2. The van der Waals surface area contributed by atoms with Gasteiger partial charge in [-0.1, -0.05) is 11.3 Å². The van der Waals surface area contributed by atoms with Gasteiger partial charge in [0, 0.05) is 25.2 Å². The second-order valence-corrected chi connectivity index (χ2v) is 7.42. The maximum Gasteiger partial charge on any atom is 0.214 e. The van der Waals surface area contributed by atoms with Crippen LogP contribution in [0.3, 0.4) is 0 Å². The lowest BCUT2D eigenvalue weighted by atomic mass is 9.92. The first-order valence-corrected chi connectivity index (χ1v) is 9.20. The topological polar surface area (TPSA) is 88.9 Å². The molecule has 3 aromatic rings. The second-order valence-electron chi connectivity index (χ2n) is 6.48. The predicted octanol–water partition coefficient (Wildman–Crippen LogP) is 1.90. The molecule has 0 aliphatic carbocycles. The fourth-order valence-corrected chi connectivity index (χ4v) is 4.12. The van der Waals surface area contributed by atoms with Gasteiger partial charge in [0.1, 0.15) is 11.6 Å². The highest BCUT2D eigenvalue weighted by Gasteiger charge is 2.32. The molecule has 0 radical (unpaired) electrons. The van der Waals surface area contributed by atoms with Crippen molar-refractivity contribution in [3.8, 4) is 17.0 Å². The lowest BCUT2D eigenvalue weighted by Crippen LogP contribution is -2.48. The van der Waals surface area contributed by atoms with E-state index in [1.165, 1.54) is 23.5 Å². The van der Waals surface area contributed by atoms with E-state index in [1.54, 1.807) is 23.9 Å². The lowest BCUT2D eigenvalue weighted by Gasteiger charge is -2.37. The fraction of sp³-hybridized carbons (Fsp3) is 0.412. The van der Waals surface area contributed by atoms with E-state index in [4.69, 9.17) is 10.5 Å². The summed E-state index contributed by atoms with van der Waals surface area (Å²) in [6, 6.07) is 4.37. The largest absolute Gasteiger partial charge is 0.496 e. The molecule has 138 valence electrons. The van der Waals surface area contributed by atoms with E-state index >= 15 is 0 Å². The Kier molecular flexibility index (Phi) is 4.29. The SMILES string of the molecule is COc1ccc(F)cc1-c1cnc2sc(N3CCC(O)(CN)CC3)nn12. The highest BCUT2D eigenvalue weighted by Crippen LogP contribution is 2.34. The van der Waals surface area contributed by atoms with Gasteiger partial charge in [-0.2, -0.15) is 0 Å². The van der Waals surface area contributed by atoms with Crippen LogP contribution in [-0.4, -0.2) is 52.0 Å². The third kappa shape index (κ3) is 2.91. The van der Waals surface area contributed by atoms with Crippen molar-refractivity contribution in [2.24, 2.45) is 5.73 Å². The van der Waals surface area contributed by atoms with Gasteiger partial charge in [-0.25, -0.2) is 13.9 Å². The van der Waals surface area contributed by atoms with Gasteiger partial charge in [-0.15, -0.1) is 5.10 Å². The first-order valence-electron chi connectivity index (χ1n) is 8.39. The number of nitrogens with zero attached hydrogens (tertiary/aromatic N) is 4. The number of rotatable bonds is 4. The molecule has 0 atom stereocenters. The summed E-state index contributed by atoms with van der Waals surface area (Å²) in [4.78, 5) is 7.25. The molecule has 3 N–H and O–H groups in total. The molecule has 0 saturated carbocycles. The molecule has 0 spiro atoms. The molecule has 4 rings (SSSR count). The summed E-state index contributed by atoms with van der Waals surface area (Å²) in [5.41, 5.74) is 6.15. The lowest BCUT2D eigenvalue weighted by molar-refractivity contribution is 0.0249. The molecule has 1 aliphatic heterocycles. The third-order valence-electron chi connectivity index (χ3n) is 4.86. The highest BCUT2D eigenvalue weighted by molar-refractivity contribution is 7.20. The van der Waals surface area contributed by atoms with E-state index in [-0.39, 0.29) is 12.4 Å². The Bertz CT molecular complexity index is 933. The summed E-state index contributed by atoms with van der Waals surface area (Å²) < 4.78 is 20.8. The number of methoxy groups -OCH3 is 1. The normalized spacial score (nSPS) is 17.0. The van der Waals surface area contributed by atoms with Crippen molar-refractivity contribution < 1.29 is 14.2 Å². The van der Waals surface area contributed by atoms with Gasteiger partial charge in [0.05, 0.1) is 24.6 Å². The van der Waals surface area contributed by atoms with Crippen LogP contribution in [0, 0.1) is 5.82 Å². The molecule has 0 amide bonds. The maximum absolute atomic E-state index is 13.7. The van der Waals surface area contributed by atoms with Crippen molar-refractivity contribution in [3.63, 3.8) is 0 Å². The number of anilines is 1. The Balaban J connectivity index is 1.67. The van der Waals surface area contributed by atoms with Crippen LogP contribution < -0.4 is 15.4 Å². The fourth-order valence-electron chi connectivity index (χ4n) is 3.19. The molecule has 1 aromatic carbocycles. The maximum atomic E-state index is 13.7. The summed E-state index contributed by atoms with van der Waals surface area (Å²) in [6.45, 7) is 1.64. The third-order valence-corrected chi connectivity index (χ3v) is 5.84. The molecule has 1 aliphatic rings. The molecule has 2 aromatic heterocycles. The van der Waals surface area contributed by atoms with Gasteiger partial charge in [0.25, 0.3) is 0 Å². The van der Waals surface area contributed by atoms with Crippen molar-refractivity contribution in [2.45, 2.75) is 18.4 Å². The van der Waals surface area contributed by atoms with Crippen molar-refractivity contribution in [2.75, 3.05) is 31.6 Å². The number of ether oxygens (including phenoxy) is 1. The van der Waals surface area contributed by atoms with Crippen LogP contribution in [0.2, 0.25) is 0 Å². The van der Waals surface area contributed by atoms with Crippen LogP contribution in [0.1, 0.15) is 12.8 Å². The molecule has 1 fully saturated rings. The Morgan fingerprint density at radius 1 is 1.38 bits per heavy atom. The summed E-state index contributed by atoms with van der Waals surface area (Å²) in [7, 11) is 1.55. The van der Waals surface area contributed by atoms with E-state index in [1.807, 2.05) is 0 Å². The number of fused-ring (bicyclic) bond motifs is 1.